The normalized spacial score (nSPS) is 33.0. The van der Waals surface area contributed by atoms with E-state index in [0.717, 1.165) is 24.8 Å². The summed E-state index contributed by atoms with van der Waals surface area (Å²) in [6.45, 7) is 3.02. The molecule has 4 aliphatic rings. The zero-order valence-electron chi connectivity index (χ0n) is 17.5. The number of hydrogen-bond donors (Lipinski definition) is 1. The van der Waals surface area contributed by atoms with Crippen molar-refractivity contribution in [1.29, 1.82) is 10.5 Å². The molecule has 1 unspecified atom stereocenters. The van der Waals surface area contributed by atoms with Crippen molar-refractivity contribution in [3.05, 3.63) is 35.4 Å². The molecule has 1 aromatic carbocycles. The minimum atomic E-state index is -0.722. The molecule has 0 aromatic heterocycles. The van der Waals surface area contributed by atoms with Crippen molar-refractivity contribution < 1.29 is 9.59 Å². The molecule has 7 atom stereocenters. The number of amides is 2. The molecule has 3 heterocycles. The van der Waals surface area contributed by atoms with Gasteiger partial charge < -0.3 is 15.5 Å². The van der Waals surface area contributed by atoms with Crippen LogP contribution in [0.2, 0.25) is 0 Å². The Balaban J connectivity index is 1.24. The van der Waals surface area contributed by atoms with Gasteiger partial charge >= 0.3 is 0 Å². The number of fused-ring (bicyclic) bond motifs is 3. The second-order valence-electron chi connectivity index (χ2n) is 9.31. The van der Waals surface area contributed by atoms with E-state index in [1.165, 1.54) is 0 Å². The number of rotatable bonds is 5. The van der Waals surface area contributed by atoms with Crippen LogP contribution in [0.5, 0.6) is 0 Å². The summed E-state index contributed by atoms with van der Waals surface area (Å²) >= 11 is 0. The summed E-state index contributed by atoms with van der Waals surface area (Å²) in [4.78, 5) is 31.8. The number of carbonyl (C=O) groups excluding carboxylic acids is 2. The maximum atomic E-state index is 13.2. The third-order valence-electron chi connectivity index (χ3n) is 7.49. The minimum absolute atomic E-state index is 0.0593. The Hall–Kier alpha value is -2.94. The summed E-state index contributed by atoms with van der Waals surface area (Å²) in [6, 6.07) is 10.6. The highest BCUT2D eigenvalue weighted by Crippen LogP contribution is 2.48. The Bertz CT molecular complexity index is 1010. The van der Waals surface area contributed by atoms with E-state index < -0.39 is 6.04 Å². The predicted molar refractivity (Wildman–Crippen MR) is 111 cm³/mol. The van der Waals surface area contributed by atoms with Crippen LogP contribution in [0.15, 0.2) is 24.3 Å². The Morgan fingerprint density at radius 1 is 1.29 bits per heavy atom. The van der Waals surface area contributed by atoms with Gasteiger partial charge in [0.25, 0.3) is 0 Å². The number of nitriles is 2. The van der Waals surface area contributed by atoms with Crippen LogP contribution in [0, 0.1) is 28.6 Å². The van der Waals surface area contributed by atoms with Gasteiger partial charge in [0.1, 0.15) is 6.04 Å². The molecular formula is C23H26N6O2. The summed E-state index contributed by atoms with van der Waals surface area (Å²) in [5.41, 5.74) is 7.81. The fourth-order valence-electron chi connectivity index (χ4n) is 5.84. The molecule has 0 spiro atoms. The van der Waals surface area contributed by atoms with Crippen molar-refractivity contribution in [1.82, 2.24) is 14.7 Å². The first-order chi connectivity index (χ1) is 14.9. The lowest BCUT2D eigenvalue weighted by molar-refractivity contribution is -0.141. The minimum Gasteiger partial charge on any atom is -0.330 e. The van der Waals surface area contributed by atoms with Gasteiger partial charge in [0.05, 0.1) is 35.8 Å². The molecule has 8 heteroatoms. The molecule has 2 N–H and O–H groups in total. The number of hydrogen-bond acceptors (Lipinski definition) is 6. The highest BCUT2D eigenvalue weighted by molar-refractivity contribution is 5.87. The zero-order chi connectivity index (χ0) is 21.9. The molecule has 2 amide bonds. The van der Waals surface area contributed by atoms with Crippen molar-refractivity contribution in [2.75, 3.05) is 13.1 Å². The second kappa shape index (κ2) is 7.33. The molecule has 2 bridgehead atoms. The molecule has 8 nitrogen and oxygen atoms in total. The molecule has 1 aromatic rings. The van der Waals surface area contributed by atoms with E-state index in [9.17, 15) is 14.9 Å². The molecule has 5 rings (SSSR count). The van der Waals surface area contributed by atoms with Gasteiger partial charge in [-0.2, -0.15) is 10.5 Å². The number of carbonyl (C=O) groups is 2. The monoisotopic (exact) mass is 418 g/mol. The van der Waals surface area contributed by atoms with Gasteiger partial charge in [-0.15, -0.1) is 0 Å². The van der Waals surface area contributed by atoms with Crippen molar-refractivity contribution in [2.45, 2.75) is 62.4 Å². The molecule has 4 fully saturated rings. The smallest absolute Gasteiger partial charge is 0.242 e. The van der Waals surface area contributed by atoms with Crippen molar-refractivity contribution in [2.24, 2.45) is 11.7 Å². The van der Waals surface area contributed by atoms with Gasteiger partial charge in [-0.1, -0.05) is 12.1 Å². The Morgan fingerprint density at radius 3 is 2.81 bits per heavy atom. The fourth-order valence-corrected chi connectivity index (χ4v) is 5.84. The van der Waals surface area contributed by atoms with Gasteiger partial charge in [-0.05, 0) is 49.8 Å². The Labute approximate surface area is 181 Å². The summed E-state index contributed by atoms with van der Waals surface area (Å²) in [5.74, 6) is 0.356. The quantitative estimate of drug-likeness (QED) is 0.754. The van der Waals surface area contributed by atoms with Crippen LogP contribution < -0.4 is 5.73 Å². The third-order valence-corrected chi connectivity index (χ3v) is 7.49. The van der Waals surface area contributed by atoms with Crippen molar-refractivity contribution >= 4 is 11.8 Å². The summed E-state index contributed by atoms with van der Waals surface area (Å²) in [5, 5.41) is 18.5. The molecule has 1 saturated carbocycles. The molecule has 0 radical (unpaired) electrons. The average Bonchev–Trinajstić information content (AvgIpc) is 3.11. The summed E-state index contributed by atoms with van der Waals surface area (Å²) in [6.07, 6.45) is 2.47. The number of piperidine rings is 1. The van der Waals surface area contributed by atoms with Gasteiger partial charge in [0.15, 0.2) is 0 Å². The van der Waals surface area contributed by atoms with Crippen LogP contribution in [0.25, 0.3) is 0 Å². The van der Waals surface area contributed by atoms with Crippen LogP contribution in [0.4, 0.5) is 0 Å². The van der Waals surface area contributed by atoms with E-state index >= 15 is 0 Å². The van der Waals surface area contributed by atoms with E-state index in [0.29, 0.717) is 24.6 Å². The first kappa shape index (κ1) is 20.0. The van der Waals surface area contributed by atoms with Crippen LogP contribution in [0.1, 0.15) is 43.4 Å². The number of nitrogens with zero attached hydrogens (tertiary/aromatic N) is 5. The highest BCUT2D eigenvalue weighted by Gasteiger charge is 2.56. The van der Waals surface area contributed by atoms with E-state index in [-0.39, 0.29) is 42.0 Å². The maximum absolute atomic E-state index is 13.2. The molecular weight excluding hydrogens is 392 g/mol. The van der Waals surface area contributed by atoms with Crippen LogP contribution in [-0.4, -0.2) is 69.8 Å². The van der Waals surface area contributed by atoms with Gasteiger partial charge in [0, 0.05) is 25.2 Å². The molecule has 3 saturated heterocycles. The second-order valence-corrected chi connectivity index (χ2v) is 9.31. The summed E-state index contributed by atoms with van der Waals surface area (Å²) in [7, 11) is 0. The predicted octanol–water partition coefficient (Wildman–Crippen LogP) is 0.745. The highest BCUT2D eigenvalue weighted by atomic mass is 16.2. The van der Waals surface area contributed by atoms with Crippen LogP contribution in [-0.2, 0) is 9.59 Å². The molecule has 3 aliphatic heterocycles. The van der Waals surface area contributed by atoms with E-state index in [4.69, 9.17) is 11.0 Å². The first-order valence-corrected chi connectivity index (χ1v) is 11.0. The molecule has 160 valence electrons. The first-order valence-electron chi connectivity index (χ1n) is 11.0. The van der Waals surface area contributed by atoms with E-state index in [1.54, 1.807) is 11.0 Å². The lowest BCUT2D eigenvalue weighted by Gasteiger charge is -2.38. The van der Waals surface area contributed by atoms with Gasteiger partial charge in [0.2, 0.25) is 11.8 Å². The zero-order valence-corrected chi connectivity index (χ0v) is 17.5. The standard InChI is InChI=1S/C23H26N6O2/c1-13(15-4-2-3-14(5-15)9-24)28-18-8-21(23(28)31)27(11-18)12-19(26)22(30)29-17(10-25)6-16-7-20(16)29/h2-5,13,16-21H,6-8,11-12,26H2,1H3/t13-,16+,17-,18+,19-,20?,21+/m0/s1. The topological polar surface area (TPSA) is 117 Å². The van der Waals surface area contributed by atoms with Gasteiger partial charge in [-0.3, -0.25) is 14.5 Å². The van der Waals surface area contributed by atoms with Crippen molar-refractivity contribution in [3.63, 3.8) is 0 Å². The average molecular weight is 419 g/mol. The van der Waals surface area contributed by atoms with Crippen LogP contribution >= 0.6 is 0 Å². The Kier molecular flexibility index (Phi) is 4.73. The molecule has 1 aliphatic carbocycles. The van der Waals surface area contributed by atoms with Gasteiger partial charge in [-0.25, -0.2) is 0 Å². The van der Waals surface area contributed by atoms with E-state index in [1.807, 2.05) is 34.9 Å². The van der Waals surface area contributed by atoms with Crippen molar-refractivity contribution in [3.8, 4) is 12.1 Å². The number of benzene rings is 1. The largest absolute Gasteiger partial charge is 0.330 e. The van der Waals surface area contributed by atoms with E-state index in [2.05, 4.69) is 12.1 Å². The SMILES string of the molecule is C[C@@H](c1cccc(C#N)c1)N1C(=O)[C@H]2C[C@@H]1CN2C[C@H](N)C(=O)N1C2C[C@H]2C[C@H]1C#N. The summed E-state index contributed by atoms with van der Waals surface area (Å²) < 4.78 is 0. The Morgan fingerprint density at radius 2 is 2.10 bits per heavy atom. The number of nitrogens with two attached hydrogens (primary N) is 1. The third kappa shape index (κ3) is 3.18. The lowest BCUT2D eigenvalue weighted by Crippen LogP contribution is -2.57. The number of likely N-dealkylation sites (tertiary alicyclic amines) is 3. The van der Waals surface area contributed by atoms with Crippen LogP contribution in [0.3, 0.4) is 0 Å². The lowest BCUT2D eigenvalue weighted by atomic mass is 10.0. The fraction of sp³-hybridized carbons (Fsp3) is 0.565. The maximum Gasteiger partial charge on any atom is 0.242 e. The number of piperazine rings is 1. The molecule has 31 heavy (non-hydrogen) atoms.